The molecule has 0 saturated carbocycles. The van der Waals surface area contributed by atoms with E-state index in [0.29, 0.717) is 0 Å². The maximum absolute atomic E-state index is 10.8. The van der Waals surface area contributed by atoms with Gasteiger partial charge in [-0.2, -0.15) is 8.42 Å². The molecule has 0 radical (unpaired) electrons. The zero-order valence-electron chi connectivity index (χ0n) is 8.54. The maximum Gasteiger partial charge on any atom is 1.00 e. The molecule has 0 amide bonds. The number of aromatic carboxylic acids is 2. The summed E-state index contributed by atoms with van der Waals surface area (Å²) in [6, 6.07) is 3.46. The second-order valence-electron chi connectivity index (χ2n) is 2.70. The quantitative estimate of drug-likeness (QED) is 0.299. The summed E-state index contributed by atoms with van der Waals surface area (Å²) in [4.78, 5) is 20.0. The molecular formula is C8H5LiO7S. The van der Waals surface area contributed by atoms with Crippen molar-refractivity contribution < 1.29 is 51.6 Å². The van der Waals surface area contributed by atoms with Crippen LogP contribution in [0.5, 0.6) is 0 Å². The Hall–Kier alpha value is -1.33. The molecule has 0 atom stereocenters. The van der Waals surface area contributed by atoms with Gasteiger partial charge in [-0.25, -0.2) is 0 Å². The molecule has 0 fully saturated rings. The minimum Gasteiger partial charge on any atom is -0.521 e. The summed E-state index contributed by atoms with van der Waals surface area (Å²) in [7, 11) is -4.83. The number of rotatable bonds is 3. The summed E-state index contributed by atoms with van der Waals surface area (Å²) in [6.07, 6.45) is 0. The Kier molecular flexibility index (Phi) is 4.91. The summed E-state index contributed by atoms with van der Waals surface area (Å²) >= 11 is 0. The Morgan fingerprint density at radius 1 is 1.12 bits per heavy atom. The third-order valence-corrected chi connectivity index (χ3v) is 2.47. The Morgan fingerprint density at radius 2 is 1.65 bits per heavy atom. The van der Waals surface area contributed by atoms with Crippen molar-refractivity contribution in [1.82, 2.24) is 0 Å². The van der Waals surface area contributed by atoms with Crippen LogP contribution < -0.4 is 18.9 Å². The molecule has 0 aliphatic carbocycles. The van der Waals surface area contributed by atoms with E-state index in [2.05, 4.69) is 0 Å². The number of hydrogen-bond acceptors (Lipinski definition) is 4. The molecule has 17 heavy (non-hydrogen) atoms. The van der Waals surface area contributed by atoms with Crippen LogP contribution in [0.4, 0.5) is 0 Å². The van der Waals surface area contributed by atoms with E-state index >= 15 is 0 Å². The third kappa shape index (κ3) is 3.57. The zero-order valence-corrected chi connectivity index (χ0v) is 9.35. The van der Waals surface area contributed by atoms with Crippen LogP contribution >= 0.6 is 0 Å². The zero-order chi connectivity index (χ0) is 12.5. The van der Waals surface area contributed by atoms with Crippen molar-refractivity contribution in [3.63, 3.8) is 0 Å². The number of benzene rings is 1. The molecule has 0 bridgehead atoms. The van der Waals surface area contributed by atoms with E-state index in [0.717, 1.165) is 12.1 Å². The molecule has 86 valence electrons. The molecule has 1 rings (SSSR count). The topological polar surface area (TPSA) is 129 Å². The number of hydrogen-bond donors (Lipinski definition) is 3. The van der Waals surface area contributed by atoms with Crippen molar-refractivity contribution in [2.24, 2.45) is 0 Å². The van der Waals surface area contributed by atoms with Gasteiger partial charge in [0.2, 0.25) is 5.97 Å². The molecule has 0 aromatic heterocycles. The van der Waals surface area contributed by atoms with Gasteiger partial charge in [0, 0.05) is 4.90 Å². The van der Waals surface area contributed by atoms with Crippen molar-refractivity contribution >= 4 is 22.1 Å². The van der Waals surface area contributed by atoms with Crippen molar-refractivity contribution in [3.05, 3.63) is 29.3 Å². The first-order chi connectivity index (χ1) is 7.23. The average Bonchev–Trinajstić information content (AvgIpc) is 2.15. The normalized spacial score (nSPS) is 10.4. The molecule has 0 spiro atoms. The standard InChI is InChI=1S/C8H5O7S.Li/c9-7(10)4-1-2-5(8(11)12)6(3-4)16(13,14)15;/h1-2H,(H,9,10)(H,11,12)(H,13,14,15);/q-1;+1. The minimum atomic E-state index is -4.83. The molecule has 3 N–H and O–H groups in total. The van der Waals surface area contributed by atoms with Crippen LogP contribution in [-0.2, 0) is 10.1 Å². The van der Waals surface area contributed by atoms with Crippen molar-refractivity contribution in [2.75, 3.05) is 0 Å². The van der Waals surface area contributed by atoms with E-state index in [1.54, 1.807) is 0 Å². The van der Waals surface area contributed by atoms with Crippen molar-refractivity contribution in [2.45, 2.75) is 4.90 Å². The molecule has 7 nitrogen and oxygen atoms in total. The SMILES string of the molecule is O=C(O)c1[c-]c(S(=O)(=O)O)c(C(=O)O)cc1.[Li+]. The van der Waals surface area contributed by atoms with Crippen LogP contribution in [0.2, 0.25) is 0 Å². The fourth-order valence-electron chi connectivity index (χ4n) is 0.970. The van der Waals surface area contributed by atoms with Crippen LogP contribution in [-0.4, -0.2) is 35.1 Å². The Bertz CT molecular complexity index is 563. The van der Waals surface area contributed by atoms with E-state index in [9.17, 15) is 18.0 Å². The molecule has 0 aliphatic rings. The second-order valence-corrected chi connectivity index (χ2v) is 4.06. The summed E-state index contributed by atoms with van der Waals surface area (Å²) in [5.74, 6) is -3.09. The fourth-order valence-corrected chi connectivity index (χ4v) is 1.64. The van der Waals surface area contributed by atoms with E-state index in [1.165, 1.54) is 0 Å². The Balaban J connectivity index is 0.00000256. The molecule has 1 aromatic rings. The van der Waals surface area contributed by atoms with Gasteiger partial charge in [-0.1, -0.05) is 5.56 Å². The first-order valence-corrected chi connectivity index (χ1v) is 5.18. The smallest absolute Gasteiger partial charge is 0.521 e. The van der Waals surface area contributed by atoms with Gasteiger partial charge in [0.05, 0.1) is 0 Å². The molecule has 1 aromatic carbocycles. The van der Waals surface area contributed by atoms with Gasteiger partial charge in [0.15, 0.2) is 0 Å². The van der Waals surface area contributed by atoms with Gasteiger partial charge in [-0.05, 0) is 5.56 Å². The van der Waals surface area contributed by atoms with Crippen LogP contribution in [0, 0.1) is 6.07 Å². The van der Waals surface area contributed by atoms with Crippen molar-refractivity contribution in [3.8, 4) is 0 Å². The Labute approximate surface area is 108 Å². The number of carbonyl (C=O) groups is 2. The van der Waals surface area contributed by atoms with E-state index < -0.39 is 38.1 Å². The fraction of sp³-hybridized carbons (Fsp3) is 0. The minimum absolute atomic E-state index is 0. The third-order valence-electron chi connectivity index (χ3n) is 1.63. The number of carboxylic acid groups (broad SMARTS) is 2. The van der Waals surface area contributed by atoms with E-state index in [1.807, 2.05) is 6.07 Å². The van der Waals surface area contributed by atoms with Gasteiger partial charge >= 0.3 is 18.9 Å². The molecule has 0 unspecified atom stereocenters. The predicted octanol–water partition coefficient (Wildman–Crippen LogP) is -2.87. The molecule has 0 saturated heterocycles. The van der Waals surface area contributed by atoms with Crippen LogP contribution in [0.25, 0.3) is 0 Å². The first kappa shape index (κ1) is 15.7. The van der Waals surface area contributed by atoms with Gasteiger partial charge in [0.1, 0.15) is 0 Å². The first-order valence-electron chi connectivity index (χ1n) is 3.74. The van der Waals surface area contributed by atoms with E-state index in [4.69, 9.17) is 14.8 Å². The summed E-state index contributed by atoms with van der Waals surface area (Å²) < 4.78 is 30.3. The largest absolute Gasteiger partial charge is 1.00 e. The van der Waals surface area contributed by atoms with Gasteiger partial charge in [0.25, 0.3) is 16.1 Å². The van der Waals surface area contributed by atoms with E-state index in [-0.39, 0.29) is 18.9 Å². The molecular weight excluding hydrogens is 247 g/mol. The van der Waals surface area contributed by atoms with Crippen LogP contribution in [0.1, 0.15) is 20.7 Å². The maximum atomic E-state index is 10.8. The monoisotopic (exact) mass is 252 g/mol. The summed E-state index contributed by atoms with van der Waals surface area (Å²) in [5, 5.41) is 17.2. The molecule has 9 heteroatoms. The predicted molar refractivity (Wildman–Crippen MR) is 49.0 cm³/mol. The van der Waals surface area contributed by atoms with Gasteiger partial charge in [-0.3, -0.25) is 9.35 Å². The van der Waals surface area contributed by atoms with Crippen LogP contribution in [0.3, 0.4) is 0 Å². The van der Waals surface area contributed by atoms with Crippen LogP contribution in [0.15, 0.2) is 17.0 Å². The molecule has 0 heterocycles. The van der Waals surface area contributed by atoms with Gasteiger partial charge in [-0.15, -0.1) is 18.2 Å². The number of carboxylic acids is 2. The summed E-state index contributed by atoms with van der Waals surface area (Å²) in [6.45, 7) is 0. The Morgan fingerprint density at radius 3 is 2.00 bits per heavy atom. The molecule has 0 aliphatic heterocycles. The summed E-state index contributed by atoms with van der Waals surface area (Å²) in [5.41, 5.74) is -1.30. The van der Waals surface area contributed by atoms with Crippen molar-refractivity contribution in [1.29, 1.82) is 0 Å². The average molecular weight is 252 g/mol. The van der Waals surface area contributed by atoms with Gasteiger partial charge < -0.3 is 15.0 Å². The second kappa shape index (κ2) is 5.33.